The third-order valence-electron chi connectivity index (χ3n) is 0.250. The van der Waals surface area contributed by atoms with Crippen molar-refractivity contribution in [3.63, 3.8) is 0 Å². The molecular weight excluding hydrogens is 480 g/mol. The second-order valence-electron chi connectivity index (χ2n) is 0.500. The van der Waals surface area contributed by atoms with Crippen molar-refractivity contribution in [1.82, 2.24) is 1.91 Å². The molecule has 2 nitrogen and oxygen atoms in total. The van der Waals surface area contributed by atoms with Gasteiger partial charge in [-0.3, -0.25) is 0 Å². The fourth-order valence-electron chi connectivity index (χ4n) is 0. The van der Waals surface area contributed by atoms with Gasteiger partial charge in [-0.05, 0) is 0 Å². The Morgan fingerprint density at radius 2 is 1.25 bits per heavy atom. The normalized spacial score (nSPS) is 6.50. The predicted octanol–water partition coefficient (Wildman–Crippen LogP) is -1.53. The van der Waals surface area contributed by atoms with E-state index in [2.05, 4.69) is 1.91 Å². The van der Waals surface area contributed by atoms with E-state index in [4.69, 9.17) is 0 Å². The number of hydrazine groups is 1. The predicted molar refractivity (Wildman–Crippen MR) is 9.06 cm³/mol. The standard InChI is InChI=1S/H2N2.2Ra.2H/c1-2;;;;/h1-2H;;;;/q-2;2*+1;;. The second-order valence-corrected chi connectivity index (χ2v) is 4.61. The van der Waals surface area contributed by atoms with Gasteiger partial charge in [-0.1, -0.05) is 0 Å². The van der Waals surface area contributed by atoms with Crippen LogP contribution in [0.5, 0.6) is 0 Å². The van der Waals surface area contributed by atoms with Gasteiger partial charge >= 0.3 is 88.3 Å². The average molecular weight is 484 g/mol. The minimum atomic E-state index is 0.569. The summed E-state index contributed by atoms with van der Waals surface area (Å²) in [6.07, 6.45) is 0. The van der Waals surface area contributed by atoms with Gasteiger partial charge in [-0.15, -0.1) is 0 Å². The molecule has 0 aliphatic rings. The Morgan fingerprint density at radius 1 is 1.00 bits per heavy atom. The quantitative estimate of drug-likeness (QED) is 0.442. The van der Waals surface area contributed by atoms with Gasteiger partial charge in [0.05, 0.1) is 0 Å². The molecule has 0 aliphatic heterocycles. The molecular formula is H4N2Ra2. The summed E-state index contributed by atoms with van der Waals surface area (Å²) in [5.41, 5.74) is 0. The van der Waals surface area contributed by atoms with Gasteiger partial charge in [0.15, 0.2) is 0 Å². The van der Waals surface area contributed by atoms with Gasteiger partial charge in [-0.25, -0.2) is 0 Å². The minimum absolute atomic E-state index is 0.569. The first-order valence-electron chi connectivity index (χ1n) is 1.25. The summed E-state index contributed by atoms with van der Waals surface area (Å²) in [6, 6.07) is 0. The summed E-state index contributed by atoms with van der Waals surface area (Å²) < 4.78 is 6.02. The summed E-state index contributed by atoms with van der Waals surface area (Å²) in [7, 11) is 0. The van der Waals surface area contributed by atoms with Crippen molar-refractivity contribution in [3.05, 3.63) is 0 Å². The van der Waals surface area contributed by atoms with Crippen LogP contribution in [0.2, 0.25) is 0 Å². The van der Waals surface area contributed by atoms with E-state index in [0.717, 1.165) is 0 Å². The molecule has 0 heterocycles. The number of rotatable bonds is 1. The van der Waals surface area contributed by atoms with Gasteiger partial charge in [-0.2, -0.15) is 0 Å². The first-order chi connectivity index (χ1) is 1.91. The van der Waals surface area contributed by atoms with Crippen molar-refractivity contribution >= 4 is 0 Å². The Bertz CT molecular complexity index is 6.00. The first-order valence-corrected chi connectivity index (χ1v) is 9.47. The molecule has 18 valence electrons. The molecule has 0 aliphatic carbocycles. The molecule has 0 aromatic heterocycles. The zero-order chi connectivity index (χ0) is 3.41. The van der Waals surface area contributed by atoms with Crippen molar-refractivity contribution in [2.24, 2.45) is 0 Å². The molecule has 0 amide bonds. The molecule has 0 saturated carbocycles. The van der Waals surface area contributed by atoms with E-state index in [-0.39, 0.29) is 0 Å². The van der Waals surface area contributed by atoms with Crippen molar-refractivity contribution < 1.29 is 86.4 Å². The van der Waals surface area contributed by atoms with Crippen molar-refractivity contribution in [2.75, 3.05) is 0 Å². The summed E-state index contributed by atoms with van der Waals surface area (Å²) in [5, 5.41) is 0. The van der Waals surface area contributed by atoms with Crippen LogP contribution in [-0.4, -0.2) is 0 Å². The molecule has 0 atom stereocenters. The zero-order valence-corrected chi connectivity index (χ0v) is 19.4. The van der Waals surface area contributed by atoms with E-state index in [1.165, 1.54) is 0 Å². The number of nitrogens with one attached hydrogen (secondary N) is 2. The Balaban J connectivity index is 1.97. The van der Waals surface area contributed by atoms with Crippen LogP contribution >= 0.6 is 0 Å². The molecule has 0 fully saturated rings. The van der Waals surface area contributed by atoms with Crippen LogP contribution in [0.25, 0.3) is 0 Å². The molecule has 4 heavy (non-hydrogen) atoms. The van der Waals surface area contributed by atoms with E-state index in [1.807, 2.05) is 0 Å². The van der Waals surface area contributed by atoms with Crippen LogP contribution in [0.3, 0.4) is 0 Å². The SMILES string of the molecule is [RaH][NH][NH][RaH]. The van der Waals surface area contributed by atoms with Crippen molar-refractivity contribution in [2.45, 2.75) is 0 Å². The zero-order valence-electron chi connectivity index (χ0n) is 3.00. The van der Waals surface area contributed by atoms with E-state index >= 15 is 0 Å². The van der Waals surface area contributed by atoms with E-state index in [0.29, 0.717) is 86.4 Å². The topological polar surface area (TPSA) is 24.1 Å². The van der Waals surface area contributed by atoms with Crippen molar-refractivity contribution in [3.8, 4) is 0 Å². The fourth-order valence-corrected chi connectivity index (χ4v) is 0. The van der Waals surface area contributed by atoms with Crippen LogP contribution in [0.1, 0.15) is 0 Å². The van der Waals surface area contributed by atoms with Crippen LogP contribution in [0.15, 0.2) is 0 Å². The van der Waals surface area contributed by atoms with E-state index in [1.54, 1.807) is 0 Å². The molecule has 0 bridgehead atoms. The molecule has 0 aromatic carbocycles. The molecule has 0 aromatic rings. The van der Waals surface area contributed by atoms with E-state index < -0.39 is 0 Å². The van der Waals surface area contributed by atoms with Gasteiger partial charge in [0, 0.05) is 0 Å². The van der Waals surface area contributed by atoms with Gasteiger partial charge in [0.2, 0.25) is 0 Å². The maximum atomic E-state index is 3.01. The molecule has 4 heteroatoms. The molecule has 0 rings (SSSR count). The van der Waals surface area contributed by atoms with Crippen LogP contribution < -0.4 is 1.91 Å². The second kappa shape index (κ2) is 5.86. The number of hydrogen-bond acceptors (Lipinski definition) is 2. The monoisotopic (exact) mass is 484 g/mol. The third kappa shape index (κ3) is 4.86. The molecule has 0 radical (unpaired) electrons. The molecule has 0 saturated heterocycles. The third-order valence-corrected chi connectivity index (χ3v) is 21.2. The summed E-state index contributed by atoms with van der Waals surface area (Å²) >= 11 is 1.14. The first kappa shape index (κ1) is 6.86. The number of hydrogen-bond donors (Lipinski definition) is 2. The fraction of sp³-hybridized carbons (Fsp3) is 0. The van der Waals surface area contributed by atoms with E-state index in [9.17, 15) is 0 Å². The summed E-state index contributed by atoms with van der Waals surface area (Å²) in [5.74, 6) is 0. The molecule has 0 spiro atoms. The van der Waals surface area contributed by atoms with Gasteiger partial charge < -0.3 is 0 Å². The van der Waals surface area contributed by atoms with Crippen LogP contribution in [0.4, 0.5) is 0 Å². The Labute approximate surface area is 85.5 Å². The Morgan fingerprint density at radius 3 is 1.25 bits per heavy atom. The molecule has 0 unspecified atom stereocenters. The van der Waals surface area contributed by atoms with Gasteiger partial charge in [0.25, 0.3) is 0 Å². The summed E-state index contributed by atoms with van der Waals surface area (Å²) in [4.78, 5) is 0. The maximum absolute atomic E-state index is 3.01. The molecule has 2 N–H and O–H groups in total. The average Bonchev–Trinajstić information content (AvgIpc) is 1.37. The van der Waals surface area contributed by atoms with Gasteiger partial charge in [0.1, 0.15) is 0 Å². The van der Waals surface area contributed by atoms with Crippen LogP contribution in [-0.2, 0) is 0 Å². The summed E-state index contributed by atoms with van der Waals surface area (Å²) in [6.45, 7) is 0. The van der Waals surface area contributed by atoms with Crippen molar-refractivity contribution in [1.29, 1.82) is 0 Å². The Kier molecular flexibility index (Phi) is 10.0. The Hall–Kier alpha value is 2.86. The van der Waals surface area contributed by atoms with Crippen LogP contribution in [0, 0.1) is 86.4 Å².